The minimum atomic E-state index is -4.28. The molecule has 70 heteroatoms. The number of halogens is 2. The number of nitrogen functional groups attached to an aromatic ring is 3. The lowest BCUT2D eigenvalue weighted by atomic mass is 10.1. The number of carbonyl (C=O) groups excluding carboxylic acids is 3. The zero-order valence-electron chi connectivity index (χ0n) is 66.7. The van der Waals surface area contributed by atoms with E-state index in [1.54, 1.807) is 0 Å². The summed E-state index contributed by atoms with van der Waals surface area (Å²) < 4.78 is 156. The van der Waals surface area contributed by atoms with Gasteiger partial charge in [-0.2, -0.15) is 15.0 Å². The third-order valence-electron chi connectivity index (χ3n) is 22.1. The lowest BCUT2D eigenvalue weighted by Crippen LogP contribution is -2.36. The molecule has 28 atom stereocenters. The first-order valence-electron chi connectivity index (χ1n) is 39.2. The number of H-pyrrole nitrogens is 3. The lowest BCUT2D eigenvalue weighted by Gasteiger charge is -2.27. The molecule has 56 nitrogen and oxygen atoms in total. The highest BCUT2D eigenvalue weighted by atomic mass is 32.7. The molecule has 21 heterocycles. The van der Waals surface area contributed by atoms with Crippen LogP contribution in [0.2, 0.25) is 0 Å². The zero-order chi connectivity index (χ0) is 93.8. The highest BCUT2D eigenvalue weighted by Crippen LogP contribution is 2.61. The van der Waals surface area contributed by atoms with Crippen molar-refractivity contribution in [3.05, 3.63) is 86.1 Å². The maximum Gasteiger partial charge on any atom is 0.386 e. The van der Waals surface area contributed by atoms with E-state index in [1.165, 1.54) is 77.7 Å². The molecule has 0 aliphatic carbocycles. The van der Waals surface area contributed by atoms with Crippen molar-refractivity contribution in [3.8, 4) is 0 Å². The number of alkyl halides is 2. The summed E-state index contributed by atoms with van der Waals surface area (Å²) in [5.74, 6) is -0.908. The molecule has 0 radical (unpaired) electrons. The molecule has 6 bridgehead atoms. The fourth-order valence-corrected chi connectivity index (χ4v) is 24.8. The Bertz CT molecular complexity index is 6790. The number of Topliss-reactive ketones (excluding diaryl/α,β-unsaturated/α-hetero) is 3. The number of ketones is 3. The minimum Gasteiger partial charge on any atom is -0.387 e. The number of ether oxygens (including phenoxy) is 6. The summed E-state index contributed by atoms with van der Waals surface area (Å²) in [4.78, 5) is 185. The molecule has 9 fully saturated rings. The Balaban J connectivity index is 0.000000129. The van der Waals surface area contributed by atoms with Crippen LogP contribution in [0.25, 0.3) is 33.5 Å². The summed E-state index contributed by atoms with van der Waals surface area (Å²) >= 11 is 30.2. The predicted molar refractivity (Wildman–Crippen MR) is 464 cm³/mol. The van der Waals surface area contributed by atoms with Crippen LogP contribution in [0.15, 0.2) is 67.3 Å². The fourth-order valence-electron chi connectivity index (χ4n) is 16.1. The molecule has 0 amide bonds. The van der Waals surface area contributed by atoms with Crippen LogP contribution in [0.5, 0.6) is 0 Å². The van der Waals surface area contributed by atoms with Crippen molar-refractivity contribution < 1.29 is 145 Å². The normalized spacial score (nSPS) is 38.1. The van der Waals surface area contributed by atoms with Gasteiger partial charge in [-0.25, -0.2) is 58.2 Å². The smallest absolute Gasteiger partial charge is 0.386 e. The number of hydrogen-bond donors (Lipinski definition) is 14. The minimum absolute atomic E-state index is 0.0213. The lowest BCUT2D eigenvalue weighted by molar-refractivity contribution is -0.0604. The number of aromatic amines is 3. The number of carbonyl (C=O) groups is 3. The molecule has 9 aromatic rings. The van der Waals surface area contributed by atoms with Gasteiger partial charge < -0.3 is 107 Å². The molecule has 6 unspecified atom stereocenters. The van der Waals surface area contributed by atoms with Gasteiger partial charge in [-0.1, -0.05) is 12.2 Å². The number of aliphatic hydroxyl groups is 2. The number of nitrogens with zero attached hydrogens (tertiary/aromatic N) is 18. The highest BCUT2D eigenvalue weighted by Gasteiger charge is 2.58. The molecule has 16 N–H and O–H groups in total. The summed E-state index contributed by atoms with van der Waals surface area (Å²) in [6.07, 6.45) is -17.3. The largest absolute Gasteiger partial charge is 0.387 e. The van der Waals surface area contributed by atoms with Crippen LogP contribution in [0.4, 0.5) is 44.1 Å². The van der Waals surface area contributed by atoms with Gasteiger partial charge >= 0.3 is 40.4 Å². The van der Waals surface area contributed by atoms with Crippen molar-refractivity contribution in [3.63, 3.8) is 0 Å². The Morgan fingerprint density at radius 2 is 0.782 bits per heavy atom. The standard InChI is InChI=1S/C21H23FN8O11P2S2.C21H23FN8O10P2S2.C21H24N8O11P2S2/c22-10-14-9(39-19(10)29-5-25-11-7(31)1-2-24-16(11)29)4-37-43(35,45)41-15-13(32)8(3-36-42(34,44)40-14)38-20(15)30-6-26-12-17(30)27-21(23)28-18(12)33;22-13-11-5-36-41(33,43)39-9-3-12(29-6-25-14-8(31)1-2-24-17(14)29)37-10(9)4-35-42(34,44)40-16(13)20(38-11)30-7-26-15-18(30)27-21(23)28-19(15)32;22-21-26-17-13(18(32)27-21)25-7-29(17)19-10-3-8(37-19)4-35-42(34,44)40-15-11(5-36-41(33,43)39-10)38-20(14(15)31)28-6-24-12-9(30)1-2-23-16(12)28/h2,5-6,8-10,13-15,19-20,32H,1,3-4H2,(H,34,44)(H,35,45)(H3,23,27,28,33);2,6-7,9-13,16,20H,1,3-5H2,(H,33,43)(H,34,44)(H3,23,27,28,32);2,6-8,10-11,14-15,19-20,31H,1,3-5H2,(H,33,43)(H,34,44)(H3,22,26,27,32)/t8-,9-,10+,13-,14-,15-,19-,20-,42?,43?;9-,10+,11+,12+,13+,16+,20+,41?,42?;8-,10+,11+,14+,15+,19+,20+,41?,42?/m100/s1. The number of aliphatic imine (C=N–C) groups is 3. The number of fused-ring (bicyclic) bond motifs is 15. The van der Waals surface area contributed by atoms with Gasteiger partial charge in [0.25, 0.3) is 16.7 Å². The Hall–Kier alpha value is -7.21. The van der Waals surface area contributed by atoms with Crippen LogP contribution >= 0.6 is 52.6 Å². The van der Waals surface area contributed by atoms with E-state index in [0.29, 0.717) is 0 Å². The second-order valence-electron chi connectivity index (χ2n) is 30.6. The number of thiol groups is 1. The number of anilines is 3. The summed E-state index contributed by atoms with van der Waals surface area (Å²) in [7, 11) is 0. The monoisotopic (exact) mass is 2090 g/mol. The summed E-state index contributed by atoms with van der Waals surface area (Å²) in [5, 5.41) is 22.4. The molecule has 12 aliphatic rings. The van der Waals surface area contributed by atoms with E-state index in [9.17, 15) is 68.0 Å². The summed E-state index contributed by atoms with van der Waals surface area (Å²) in [5.41, 5.74) is 15.3. The number of hydrogen-bond acceptors (Lipinski definition) is 47. The van der Waals surface area contributed by atoms with E-state index in [2.05, 4.69) is 87.0 Å². The Morgan fingerprint density at radius 3 is 1.32 bits per heavy atom. The van der Waals surface area contributed by atoms with E-state index < -0.39 is 225 Å². The van der Waals surface area contributed by atoms with Crippen LogP contribution < -0.4 is 33.9 Å². The Morgan fingerprint density at radius 1 is 0.391 bits per heavy atom. The Kier molecular flexibility index (Phi) is 26.0. The second-order valence-corrected chi connectivity index (χ2v) is 47.5. The first-order chi connectivity index (χ1) is 63.1. The first kappa shape index (κ1) is 94.7. The van der Waals surface area contributed by atoms with Crippen molar-refractivity contribution in [1.82, 2.24) is 87.2 Å². The van der Waals surface area contributed by atoms with E-state index in [0.717, 1.165) is 6.33 Å². The van der Waals surface area contributed by atoms with E-state index in [-0.39, 0.29) is 142 Å². The van der Waals surface area contributed by atoms with E-state index in [1.807, 2.05) is 0 Å². The van der Waals surface area contributed by atoms with Gasteiger partial charge in [0.1, 0.15) is 79.5 Å². The molecule has 714 valence electrons. The van der Waals surface area contributed by atoms with Gasteiger partial charge in [0.15, 0.2) is 129 Å². The second kappa shape index (κ2) is 36.5. The third-order valence-corrected chi connectivity index (χ3v) is 31.5. The van der Waals surface area contributed by atoms with Crippen molar-refractivity contribution in [2.45, 2.75) is 167 Å². The average Bonchev–Trinajstić information content (AvgIpc) is 1.62. The number of aromatic nitrogens is 18. The van der Waals surface area contributed by atoms with Crippen molar-refractivity contribution in [2.24, 2.45) is 15.0 Å². The number of rotatable bonds is 6. The molecule has 133 heavy (non-hydrogen) atoms. The molecule has 21 rings (SSSR count). The Labute approximate surface area is 769 Å². The van der Waals surface area contributed by atoms with Gasteiger partial charge in [0.2, 0.25) is 17.8 Å². The number of imidazole rings is 6. The first-order valence-corrected chi connectivity index (χ1v) is 54.8. The summed E-state index contributed by atoms with van der Waals surface area (Å²) in [6, 6.07) is 0. The molecule has 9 aromatic heterocycles. The van der Waals surface area contributed by atoms with Crippen LogP contribution in [0, 0.1) is 0 Å². The van der Waals surface area contributed by atoms with Gasteiger partial charge in [-0.3, -0.25) is 98.3 Å². The van der Waals surface area contributed by atoms with E-state index in [4.69, 9.17) is 159 Å². The number of aliphatic hydroxyl groups excluding tert-OH is 2. The van der Waals surface area contributed by atoms with Crippen molar-refractivity contribution >= 4 is 216 Å². The van der Waals surface area contributed by atoms with Gasteiger partial charge in [-0.05, 0) is 59.0 Å². The van der Waals surface area contributed by atoms with Gasteiger partial charge in [-0.15, -0.1) is 0 Å². The molecule has 0 aromatic carbocycles. The maximum atomic E-state index is 16.0. The molecule has 12 aliphatic heterocycles. The summed E-state index contributed by atoms with van der Waals surface area (Å²) in [6.45, 7) is -28.1. The van der Waals surface area contributed by atoms with Gasteiger partial charge in [0.05, 0.1) is 89.8 Å². The number of nitrogens with two attached hydrogens (primary N) is 3. The van der Waals surface area contributed by atoms with Crippen LogP contribution in [0.1, 0.15) is 101 Å². The van der Waals surface area contributed by atoms with Crippen LogP contribution in [-0.4, -0.2) is 295 Å². The van der Waals surface area contributed by atoms with E-state index >= 15 is 8.78 Å². The van der Waals surface area contributed by atoms with Crippen LogP contribution in [0.3, 0.4) is 0 Å². The fraction of sp³-hybridized carbons (Fsp3) is 0.524. The van der Waals surface area contributed by atoms with Crippen LogP contribution in [-0.2, 0) is 146 Å². The molecular weight excluding hydrogens is 2020 g/mol. The third kappa shape index (κ3) is 19.0. The van der Waals surface area contributed by atoms with Crippen molar-refractivity contribution in [1.29, 1.82) is 0 Å². The topological polar surface area (TPSA) is 735 Å². The average molecular weight is 2090 g/mol. The van der Waals surface area contributed by atoms with Crippen molar-refractivity contribution in [2.75, 3.05) is 56.8 Å². The highest BCUT2D eigenvalue weighted by molar-refractivity contribution is 8.44. The molecule has 0 spiro atoms. The number of nitrogens with one attached hydrogen (secondary N) is 3. The van der Waals surface area contributed by atoms with Gasteiger partial charge in [0, 0.05) is 50.7 Å². The molecular formula is C63H70F2N24O32P6S6. The molecule has 9 saturated heterocycles. The molecule has 0 saturated carbocycles. The predicted octanol–water partition coefficient (Wildman–Crippen LogP) is 0.798. The maximum absolute atomic E-state index is 16.0. The quantitative estimate of drug-likeness (QED) is 0.0808. The SMILES string of the molecule is Nc1nc2c(ncn2[C@@H]2O[C@@H]3COP(O)(=S)O[C@H]4C[C@H](n5cnc6c5N=CCC6=O)O[C@@H]4COP(O)(=S)O[C@@H]2[C@@H]3F)c(=O)[nH]1.Nc1nc2c(ncn2[C@@H]2O[C@@H]3COP(O)(=S)O[C@H]4[C@@H](O)[C@H](n5cnc6c5N=CCC6=O)O[C@@H]4COP(=O)(S)O[C@@H]2C3)c(=O)[nH]1.Nc1nc2c(ncn2[C@@H]2O[C@@H]3COP(O)(=S)O[C@H]4[C@H](F)[C@H](n5cnc6c5N=CCC6=O)O[C@@H]4COP(O)(=S)O[C@@H]2[C@@H]3O)c(=O)[nH]1. The zero-order valence-corrected chi connectivity index (χ0v) is 77.1.